The van der Waals surface area contributed by atoms with Crippen LogP contribution in [0.4, 0.5) is 0 Å². The van der Waals surface area contributed by atoms with Crippen molar-refractivity contribution in [2.45, 2.75) is 0 Å². The second-order valence-electron chi connectivity index (χ2n) is 3.27. The van der Waals surface area contributed by atoms with E-state index in [1.165, 1.54) is 16.7 Å². The molecule has 2 rings (SSSR count). The minimum absolute atomic E-state index is 1.25. The van der Waals surface area contributed by atoms with Gasteiger partial charge in [-0.25, -0.2) is 0 Å². The Balaban J connectivity index is 2.44. The molecule has 2 aromatic carbocycles. The van der Waals surface area contributed by atoms with Crippen molar-refractivity contribution in [3.05, 3.63) is 76.7 Å². The van der Waals surface area contributed by atoms with Crippen molar-refractivity contribution in [1.29, 1.82) is 0 Å². The zero-order valence-electron chi connectivity index (χ0n) is 8.30. The third-order valence-electron chi connectivity index (χ3n) is 2.30. The van der Waals surface area contributed by atoms with Gasteiger partial charge in [0.05, 0.1) is 0 Å². The fourth-order valence-corrected chi connectivity index (χ4v) is 2.18. The maximum absolute atomic E-state index is 2.53. The molecule has 0 amide bonds. The first-order valence-corrected chi connectivity index (χ1v) is 5.95. The molecule has 0 bridgehead atoms. The van der Waals surface area contributed by atoms with Gasteiger partial charge in [-0.15, -0.1) is 0 Å². The summed E-state index contributed by atoms with van der Waals surface area (Å²) in [6, 6.07) is 20.9. The molecule has 0 atom stereocenters. The van der Waals surface area contributed by atoms with Gasteiger partial charge in [0, 0.05) is 0 Å². The minimum atomic E-state index is 1.25. The number of benzene rings is 2. The third kappa shape index (κ3) is 2.40. The van der Waals surface area contributed by atoms with Crippen molar-refractivity contribution in [2.75, 3.05) is 0 Å². The van der Waals surface area contributed by atoms with Crippen LogP contribution in [-0.2, 0) is 0 Å². The Labute approximate surface area is 99.1 Å². The van der Waals surface area contributed by atoms with Crippen LogP contribution < -0.4 is 0 Å². The molecule has 0 aliphatic heterocycles. The van der Waals surface area contributed by atoms with Gasteiger partial charge < -0.3 is 0 Å². The van der Waals surface area contributed by atoms with Crippen LogP contribution in [0.3, 0.4) is 0 Å². The zero-order valence-corrected chi connectivity index (χ0v) is 10.2. The molecule has 0 N–H and O–H groups in total. The number of hydrogen-bond donors (Lipinski definition) is 0. The van der Waals surface area contributed by atoms with Crippen molar-refractivity contribution in [1.82, 2.24) is 0 Å². The van der Waals surface area contributed by atoms with Gasteiger partial charge in [0.15, 0.2) is 0 Å². The van der Waals surface area contributed by atoms with Crippen molar-refractivity contribution in [2.24, 2.45) is 0 Å². The van der Waals surface area contributed by atoms with Gasteiger partial charge in [0.25, 0.3) is 0 Å². The van der Waals surface area contributed by atoms with E-state index in [1.807, 2.05) is 12.1 Å². The molecule has 72 valence electrons. The standard InChI is InChI=1S/C14H11As/c15-11-14(12-7-3-1-4-8-12)13-9-5-2-6-10-13/h1-11H. The van der Waals surface area contributed by atoms with Crippen molar-refractivity contribution in [3.8, 4) is 0 Å². The van der Waals surface area contributed by atoms with Crippen LogP contribution >= 0.6 is 0 Å². The molecule has 1 heteroatoms. The number of rotatable bonds is 2. The Morgan fingerprint density at radius 1 is 0.733 bits per heavy atom. The third-order valence-corrected chi connectivity index (χ3v) is 2.84. The quantitative estimate of drug-likeness (QED) is 0.722. The van der Waals surface area contributed by atoms with Crippen LogP contribution in [0.5, 0.6) is 0 Å². The van der Waals surface area contributed by atoms with E-state index in [0.29, 0.717) is 0 Å². The van der Waals surface area contributed by atoms with Gasteiger partial charge in [-0.2, -0.15) is 0 Å². The second-order valence-corrected chi connectivity index (χ2v) is 3.82. The summed E-state index contributed by atoms with van der Waals surface area (Å²) in [7, 11) is 0. The van der Waals surface area contributed by atoms with Crippen LogP contribution in [-0.4, -0.2) is 16.9 Å². The summed E-state index contributed by atoms with van der Waals surface area (Å²) >= 11 is 2.53. The van der Waals surface area contributed by atoms with E-state index < -0.39 is 0 Å². The van der Waals surface area contributed by atoms with Crippen molar-refractivity contribution < 1.29 is 0 Å². The molecule has 15 heavy (non-hydrogen) atoms. The molecule has 0 aliphatic rings. The molecule has 0 spiro atoms. The van der Waals surface area contributed by atoms with Crippen LogP contribution in [0.15, 0.2) is 65.5 Å². The molecule has 0 saturated carbocycles. The van der Waals surface area contributed by atoms with E-state index in [9.17, 15) is 0 Å². The van der Waals surface area contributed by atoms with Crippen LogP contribution in [0.25, 0.3) is 5.57 Å². The maximum atomic E-state index is 2.53. The topological polar surface area (TPSA) is 0 Å². The molecule has 0 aromatic heterocycles. The number of hydrogen-bond acceptors (Lipinski definition) is 0. The zero-order chi connectivity index (χ0) is 10.5. The molecule has 2 aromatic rings. The summed E-state index contributed by atoms with van der Waals surface area (Å²) in [6.45, 7) is 0. The molecule has 0 unspecified atom stereocenters. The summed E-state index contributed by atoms with van der Waals surface area (Å²) < 4.78 is 0. The Morgan fingerprint density at radius 2 is 1.13 bits per heavy atom. The molecule has 0 aliphatic carbocycles. The SMILES string of the molecule is [As]C=C(c1ccccc1)c1ccccc1. The molecular weight excluding hydrogens is 243 g/mol. The van der Waals surface area contributed by atoms with Gasteiger partial charge in [0.1, 0.15) is 0 Å². The second kappa shape index (κ2) is 5.00. The summed E-state index contributed by atoms with van der Waals surface area (Å²) in [5, 5.41) is 0. The first-order chi connectivity index (χ1) is 7.42. The van der Waals surface area contributed by atoms with Gasteiger partial charge >= 0.3 is 99.1 Å². The van der Waals surface area contributed by atoms with Gasteiger partial charge in [-0.3, -0.25) is 0 Å². The molecular formula is C14H11As. The average molecular weight is 254 g/mol. The van der Waals surface area contributed by atoms with E-state index in [2.05, 4.69) is 70.2 Å². The van der Waals surface area contributed by atoms with Gasteiger partial charge in [0.2, 0.25) is 0 Å². The van der Waals surface area contributed by atoms with Crippen LogP contribution in [0, 0.1) is 0 Å². The van der Waals surface area contributed by atoms with Gasteiger partial charge in [-0.05, 0) is 0 Å². The fourth-order valence-electron chi connectivity index (χ4n) is 1.55. The van der Waals surface area contributed by atoms with Crippen LogP contribution in [0.1, 0.15) is 11.1 Å². The summed E-state index contributed by atoms with van der Waals surface area (Å²) in [4.78, 5) is 2.09. The van der Waals surface area contributed by atoms with Crippen molar-refractivity contribution in [3.63, 3.8) is 0 Å². The van der Waals surface area contributed by atoms with E-state index in [-0.39, 0.29) is 0 Å². The Hall–Kier alpha value is -1.26. The molecule has 0 nitrogen and oxygen atoms in total. The van der Waals surface area contributed by atoms with Gasteiger partial charge in [-0.1, -0.05) is 0 Å². The monoisotopic (exact) mass is 254 g/mol. The first-order valence-electron chi connectivity index (χ1n) is 4.87. The summed E-state index contributed by atoms with van der Waals surface area (Å²) in [6.07, 6.45) is 0. The predicted octanol–water partition coefficient (Wildman–Crippen LogP) is 3.24. The van der Waals surface area contributed by atoms with E-state index in [4.69, 9.17) is 0 Å². The summed E-state index contributed by atoms with van der Waals surface area (Å²) in [5.41, 5.74) is 3.77. The van der Waals surface area contributed by atoms with E-state index >= 15 is 0 Å². The Morgan fingerprint density at radius 3 is 1.47 bits per heavy atom. The summed E-state index contributed by atoms with van der Waals surface area (Å²) in [5.74, 6) is 0. The van der Waals surface area contributed by atoms with E-state index in [0.717, 1.165) is 0 Å². The molecule has 2 radical (unpaired) electrons. The first kappa shape index (κ1) is 10.3. The predicted molar refractivity (Wildman–Crippen MR) is 65.7 cm³/mol. The molecule has 0 heterocycles. The normalized spacial score (nSPS) is 9.67. The van der Waals surface area contributed by atoms with Crippen LogP contribution in [0.2, 0.25) is 0 Å². The van der Waals surface area contributed by atoms with Crippen molar-refractivity contribution >= 4 is 22.4 Å². The fraction of sp³-hybridized carbons (Fsp3) is 0. The Bertz CT molecular complexity index is 402. The Kier molecular flexibility index (Phi) is 3.42. The average Bonchev–Trinajstić information content (AvgIpc) is 2.33. The van der Waals surface area contributed by atoms with E-state index in [1.54, 1.807) is 0 Å². The molecule has 0 fully saturated rings. The molecule has 0 saturated heterocycles.